The molecule has 1 aromatic carbocycles. The lowest BCUT2D eigenvalue weighted by atomic mass is 10.1. The minimum atomic E-state index is -1.19. The lowest BCUT2D eigenvalue weighted by Crippen LogP contribution is -2.47. The molecule has 2 atom stereocenters. The van der Waals surface area contributed by atoms with Gasteiger partial charge in [-0.05, 0) is 80.7 Å². The first-order valence-corrected chi connectivity index (χ1v) is 13.7. The Labute approximate surface area is 243 Å². The number of esters is 3. The van der Waals surface area contributed by atoms with E-state index in [1.54, 1.807) is 86.6 Å². The zero-order chi connectivity index (χ0) is 31.4. The zero-order valence-corrected chi connectivity index (χ0v) is 25.8. The average Bonchev–Trinajstić information content (AvgIpc) is 2.80. The van der Waals surface area contributed by atoms with Crippen molar-refractivity contribution in [3.8, 4) is 0 Å². The lowest BCUT2D eigenvalue weighted by Gasteiger charge is -2.26. The minimum Gasteiger partial charge on any atom is -0.460 e. The summed E-state index contributed by atoms with van der Waals surface area (Å²) in [7, 11) is 0. The van der Waals surface area contributed by atoms with Gasteiger partial charge in [0.15, 0.2) is 0 Å². The summed E-state index contributed by atoms with van der Waals surface area (Å²) in [5.41, 5.74) is -1.60. The molecule has 0 aliphatic heterocycles. The van der Waals surface area contributed by atoms with Gasteiger partial charge in [-0.15, -0.1) is 0 Å². The van der Waals surface area contributed by atoms with Gasteiger partial charge in [0, 0.05) is 12.8 Å². The van der Waals surface area contributed by atoms with E-state index in [9.17, 15) is 24.0 Å². The van der Waals surface area contributed by atoms with E-state index in [-0.39, 0.29) is 32.3 Å². The van der Waals surface area contributed by atoms with Crippen LogP contribution in [0.4, 0.5) is 4.79 Å². The van der Waals surface area contributed by atoms with E-state index in [0.717, 1.165) is 5.56 Å². The number of benzene rings is 1. The summed E-state index contributed by atoms with van der Waals surface area (Å²) in [6, 6.07) is 6.69. The summed E-state index contributed by atoms with van der Waals surface area (Å²) in [6.07, 6.45) is -1.40. The van der Waals surface area contributed by atoms with Crippen molar-refractivity contribution in [2.45, 2.75) is 123 Å². The first-order valence-electron chi connectivity index (χ1n) is 13.7. The molecule has 0 saturated carbocycles. The summed E-state index contributed by atoms with van der Waals surface area (Å²) in [6.45, 7) is 15.3. The largest absolute Gasteiger partial charge is 0.460 e. The molecule has 2 amide bonds. The third kappa shape index (κ3) is 16.9. The zero-order valence-electron chi connectivity index (χ0n) is 25.8. The van der Waals surface area contributed by atoms with Gasteiger partial charge >= 0.3 is 24.0 Å². The fraction of sp³-hybridized carbons (Fsp3) is 0.633. The van der Waals surface area contributed by atoms with Gasteiger partial charge in [-0.1, -0.05) is 30.3 Å². The molecule has 0 saturated heterocycles. The third-order valence-electron chi connectivity index (χ3n) is 4.94. The summed E-state index contributed by atoms with van der Waals surface area (Å²) >= 11 is 0. The van der Waals surface area contributed by atoms with Crippen LogP contribution in [0.15, 0.2) is 30.3 Å². The number of amides is 2. The molecule has 0 unspecified atom stereocenters. The third-order valence-corrected chi connectivity index (χ3v) is 4.94. The maximum absolute atomic E-state index is 12.9. The minimum absolute atomic E-state index is 0.0105. The molecule has 1 rings (SSSR count). The maximum Gasteiger partial charge on any atom is 0.408 e. The fourth-order valence-corrected chi connectivity index (χ4v) is 3.35. The van der Waals surface area contributed by atoms with Crippen LogP contribution >= 0.6 is 0 Å². The Morgan fingerprint density at radius 2 is 1.12 bits per heavy atom. The topological polar surface area (TPSA) is 146 Å². The van der Waals surface area contributed by atoms with Crippen molar-refractivity contribution >= 4 is 29.9 Å². The molecule has 2 N–H and O–H groups in total. The molecular weight excluding hydrogens is 532 g/mol. The monoisotopic (exact) mass is 578 g/mol. The molecule has 0 radical (unpaired) electrons. The summed E-state index contributed by atoms with van der Waals surface area (Å²) < 4.78 is 21.3. The Bertz CT molecular complexity index is 1030. The molecule has 11 heteroatoms. The SMILES string of the molecule is CC(C)(C)OC(=O)CC[C@H](NC(=O)CC[C@H](NC(=O)OCc1ccccc1)C(=O)OC(C)(C)C)C(=O)OC(C)(C)C. The van der Waals surface area contributed by atoms with E-state index >= 15 is 0 Å². The second kappa shape index (κ2) is 15.4. The number of alkyl carbamates (subject to hydrolysis) is 1. The highest BCUT2D eigenvalue weighted by atomic mass is 16.6. The van der Waals surface area contributed by atoms with E-state index in [1.807, 2.05) is 6.07 Å². The van der Waals surface area contributed by atoms with Crippen molar-refractivity contribution in [1.29, 1.82) is 0 Å². The van der Waals surface area contributed by atoms with Crippen molar-refractivity contribution in [1.82, 2.24) is 10.6 Å². The summed E-state index contributed by atoms with van der Waals surface area (Å²) in [5, 5.41) is 5.05. The van der Waals surface area contributed by atoms with Gasteiger partial charge in [-0.25, -0.2) is 14.4 Å². The molecule has 0 aliphatic carbocycles. The van der Waals surface area contributed by atoms with Gasteiger partial charge < -0.3 is 29.6 Å². The van der Waals surface area contributed by atoms with Crippen molar-refractivity contribution in [3.63, 3.8) is 0 Å². The Morgan fingerprint density at radius 1 is 0.659 bits per heavy atom. The second-order valence-corrected chi connectivity index (χ2v) is 12.6. The molecular formula is C30H46N2O9. The van der Waals surface area contributed by atoms with Gasteiger partial charge in [0.25, 0.3) is 0 Å². The van der Waals surface area contributed by atoms with Crippen LogP contribution in [0.25, 0.3) is 0 Å². The van der Waals surface area contributed by atoms with Crippen LogP contribution in [-0.2, 0) is 44.7 Å². The number of nitrogens with one attached hydrogen (secondary N) is 2. The summed E-state index contributed by atoms with van der Waals surface area (Å²) in [5.74, 6) is -2.56. The molecule has 230 valence electrons. The molecule has 0 spiro atoms. The van der Waals surface area contributed by atoms with Crippen LogP contribution < -0.4 is 10.6 Å². The number of hydrogen-bond acceptors (Lipinski definition) is 9. The van der Waals surface area contributed by atoms with Crippen LogP contribution in [0.5, 0.6) is 0 Å². The molecule has 1 aromatic rings. The van der Waals surface area contributed by atoms with E-state index < -0.39 is 58.8 Å². The number of carbonyl (C=O) groups is 5. The Morgan fingerprint density at radius 3 is 1.61 bits per heavy atom. The van der Waals surface area contributed by atoms with E-state index in [2.05, 4.69) is 10.6 Å². The van der Waals surface area contributed by atoms with Crippen molar-refractivity contribution in [2.24, 2.45) is 0 Å². The first-order chi connectivity index (χ1) is 18.7. The van der Waals surface area contributed by atoms with Crippen LogP contribution in [-0.4, -0.2) is 58.8 Å². The average molecular weight is 579 g/mol. The first kappa shape index (κ1) is 35.4. The maximum atomic E-state index is 12.9. The molecule has 0 aromatic heterocycles. The Hall–Kier alpha value is -3.63. The van der Waals surface area contributed by atoms with Gasteiger partial charge in [0.05, 0.1) is 0 Å². The van der Waals surface area contributed by atoms with Crippen LogP contribution in [0.3, 0.4) is 0 Å². The lowest BCUT2D eigenvalue weighted by molar-refractivity contribution is -0.161. The molecule has 11 nitrogen and oxygen atoms in total. The number of hydrogen-bond donors (Lipinski definition) is 2. The molecule has 0 heterocycles. The molecule has 0 bridgehead atoms. The van der Waals surface area contributed by atoms with Gasteiger partial charge in [-0.2, -0.15) is 0 Å². The molecule has 0 fully saturated rings. The molecule has 41 heavy (non-hydrogen) atoms. The smallest absolute Gasteiger partial charge is 0.408 e. The summed E-state index contributed by atoms with van der Waals surface area (Å²) in [4.78, 5) is 63.1. The quantitative estimate of drug-likeness (QED) is 0.273. The van der Waals surface area contributed by atoms with Crippen molar-refractivity contribution in [2.75, 3.05) is 0 Å². The number of carbonyl (C=O) groups excluding carboxylic acids is 5. The second-order valence-electron chi connectivity index (χ2n) is 12.6. The van der Waals surface area contributed by atoms with E-state index in [1.165, 1.54) is 0 Å². The standard InChI is InChI=1S/C30H46N2O9/c1-28(2,3)39-24(34)18-16-21(25(35)40-29(4,5)6)31-23(33)17-15-22(26(36)41-30(7,8)9)32-27(37)38-19-20-13-11-10-12-14-20/h10-14,21-22H,15-19H2,1-9H3,(H,31,33)(H,32,37)/t21-,22-/m0/s1. The normalized spacial score (nSPS) is 13.3. The van der Waals surface area contributed by atoms with E-state index in [0.29, 0.717) is 0 Å². The highest BCUT2D eigenvalue weighted by Crippen LogP contribution is 2.15. The van der Waals surface area contributed by atoms with Gasteiger partial charge in [0.1, 0.15) is 35.5 Å². The predicted octanol–water partition coefficient (Wildman–Crippen LogP) is 4.35. The molecule has 0 aliphatic rings. The van der Waals surface area contributed by atoms with Crippen LogP contribution in [0, 0.1) is 0 Å². The van der Waals surface area contributed by atoms with Crippen LogP contribution in [0.2, 0.25) is 0 Å². The highest BCUT2D eigenvalue weighted by Gasteiger charge is 2.31. The van der Waals surface area contributed by atoms with E-state index in [4.69, 9.17) is 18.9 Å². The predicted molar refractivity (Wildman–Crippen MR) is 151 cm³/mol. The highest BCUT2D eigenvalue weighted by molar-refractivity contribution is 5.86. The van der Waals surface area contributed by atoms with Crippen molar-refractivity contribution < 1.29 is 42.9 Å². The fourth-order valence-electron chi connectivity index (χ4n) is 3.35. The van der Waals surface area contributed by atoms with Crippen molar-refractivity contribution in [3.05, 3.63) is 35.9 Å². The number of ether oxygens (including phenoxy) is 4. The van der Waals surface area contributed by atoms with Gasteiger partial charge in [0.2, 0.25) is 5.91 Å². The Kier molecular flexibility index (Phi) is 13.3. The Balaban J connectivity index is 2.88. The van der Waals surface area contributed by atoms with Crippen LogP contribution in [0.1, 0.15) is 93.6 Å². The number of rotatable bonds is 12. The van der Waals surface area contributed by atoms with Gasteiger partial charge in [-0.3, -0.25) is 9.59 Å².